The molecule has 0 radical (unpaired) electrons. The van der Waals surface area contributed by atoms with Gasteiger partial charge in [-0.2, -0.15) is 0 Å². The summed E-state index contributed by atoms with van der Waals surface area (Å²) in [7, 11) is 0. The van der Waals surface area contributed by atoms with Crippen molar-refractivity contribution in [2.75, 3.05) is 13.2 Å². The lowest BCUT2D eigenvalue weighted by Gasteiger charge is -2.18. The van der Waals surface area contributed by atoms with Gasteiger partial charge in [-0.1, -0.05) is 272 Å². The van der Waals surface area contributed by atoms with E-state index in [1.807, 2.05) is 0 Å². The summed E-state index contributed by atoms with van der Waals surface area (Å²) in [5.41, 5.74) is 0. The van der Waals surface area contributed by atoms with Crippen LogP contribution in [0, 0.1) is 5.92 Å². The van der Waals surface area contributed by atoms with Crippen molar-refractivity contribution < 1.29 is 28.6 Å². The number of esters is 3. The van der Waals surface area contributed by atoms with E-state index in [9.17, 15) is 14.4 Å². The Labute approximate surface area is 380 Å². The van der Waals surface area contributed by atoms with Crippen molar-refractivity contribution in [1.29, 1.82) is 0 Å². The van der Waals surface area contributed by atoms with Gasteiger partial charge in [0.15, 0.2) is 6.10 Å². The van der Waals surface area contributed by atoms with Crippen LogP contribution in [0.25, 0.3) is 0 Å². The first-order chi connectivity index (χ1) is 29.9. The zero-order valence-electron chi connectivity index (χ0n) is 41.6. The van der Waals surface area contributed by atoms with Crippen molar-refractivity contribution in [1.82, 2.24) is 0 Å². The second-order valence-electron chi connectivity index (χ2n) is 19.3. The third kappa shape index (κ3) is 49.3. The predicted molar refractivity (Wildman–Crippen MR) is 261 cm³/mol. The van der Waals surface area contributed by atoms with Crippen molar-refractivity contribution in [3.8, 4) is 0 Å². The smallest absolute Gasteiger partial charge is 0.306 e. The van der Waals surface area contributed by atoms with E-state index in [0.29, 0.717) is 19.3 Å². The van der Waals surface area contributed by atoms with Gasteiger partial charge in [0.1, 0.15) is 13.2 Å². The highest BCUT2D eigenvalue weighted by atomic mass is 16.6. The number of rotatable bonds is 50. The minimum Gasteiger partial charge on any atom is -0.462 e. The zero-order valence-corrected chi connectivity index (χ0v) is 41.6. The molecule has 6 nitrogen and oxygen atoms in total. The van der Waals surface area contributed by atoms with Crippen LogP contribution < -0.4 is 0 Å². The molecule has 0 spiro atoms. The lowest BCUT2D eigenvalue weighted by atomic mass is 10.0. The van der Waals surface area contributed by atoms with E-state index in [0.717, 1.165) is 63.7 Å². The zero-order chi connectivity index (χ0) is 44.5. The first-order valence-corrected chi connectivity index (χ1v) is 27.4. The number of unbranched alkanes of at least 4 members (excludes halogenated alkanes) is 37. The molecular formula is C55H106O6. The highest BCUT2D eigenvalue weighted by molar-refractivity contribution is 5.71. The van der Waals surface area contributed by atoms with Crippen molar-refractivity contribution in [2.45, 2.75) is 316 Å². The fraction of sp³-hybridized carbons (Fsp3) is 0.945. The van der Waals surface area contributed by atoms with Gasteiger partial charge in [0, 0.05) is 19.3 Å². The topological polar surface area (TPSA) is 78.9 Å². The molecule has 0 saturated heterocycles. The first-order valence-electron chi connectivity index (χ1n) is 27.4. The van der Waals surface area contributed by atoms with E-state index >= 15 is 0 Å². The highest BCUT2D eigenvalue weighted by Crippen LogP contribution is 2.17. The van der Waals surface area contributed by atoms with Gasteiger partial charge in [0.25, 0.3) is 0 Å². The molecule has 0 bridgehead atoms. The number of hydrogen-bond donors (Lipinski definition) is 0. The third-order valence-corrected chi connectivity index (χ3v) is 12.5. The monoisotopic (exact) mass is 863 g/mol. The average molecular weight is 863 g/mol. The molecule has 1 atom stereocenters. The summed E-state index contributed by atoms with van der Waals surface area (Å²) in [4.78, 5) is 38.0. The van der Waals surface area contributed by atoms with Crippen LogP contribution in [0.4, 0.5) is 0 Å². The van der Waals surface area contributed by atoms with Gasteiger partial charge in [-0.15, -0.1) is 0 Å². The molecule has 0 aliphatic carbocycles. The molecule has 0 aromatic heterocycles. The molecule has 0 unspecified atom stereocenters. The van der Waals surface area contributed by atoms with Crippen LogP contribution >= 0.6 is 0 Å². The van der Waals surface area contributed by atoms with Gasteiger partial charge in [-0.25, -0.2) is 0 Å². The molecular weight excluding hydrogens is 757 g/mol. The molecule has 0 heterocycles. The van der Waals surface area contributed by atoms with Gasteiger partial charge in [-0.05, 0) is 25.2 Å². The third-order valence-electron chi connectivity index (χ3n) is 12.5. The second-order valence-corrected chi connectivity index (χ2v) is 19.3. The maximum Gasteiger partial charge on any atom is 0.306 e. The Morgan fingerprint density at radius 1 is 0.311 bits per heavy atom. The van der Waals surface area contributed by atoms with Crippen LogP contribution in [0.3, 0.4) is 0 Å². The molecule has 0 aromatic rings. The van der Waals surface area contributed by atoms with Gasteiger partial charge < -0.3 is 14.2 Å². The molecule has 362 valence electrons. The molecule has 0 rings (SSSR count). The lowest BCUT2D eigenvalue weighted by molar-refractivity contribution is -0.167. The van der Waals surface area contributed by atoms with Gasteiger partial charge >= 0.3 is 17.9 Å². The number of hydrogen-bond acceptors (Lipinski definition) is 6. The van der Waals surface area contributed by atoms with E-state index in [1.165, 1.54) is 205 Å². The summed E-state index contributed by atoms with van der Waals surface area (Å²) >= 11 is 0. The van der Waals surface area contributed by atoms with Gasteiger partial charge in [0.05, 0.1) is 0 Å². The molecule has 0 aliphatic rings. The van der Waals surface area contributed by atoms with Crippen LogP contribution in [0.5, 0.6) is 0 Å². The van der Waals surface area contributed by atoms with Crippen LogP contribution in [0.2, 0.25) is 0 Å². The van der Waals surface area contributed by atoms with Crippen LogP contribution in [-0.2, 0) is 28.6 Å². The maximum atomic E-state index is 12.8. The Bertz CT molecular complexity index is 918. The molecule has 0 amide bonds. The number of carbonyl (C=O) groups excluding carboxylic acids is 3. The second kappa shape index (κ2) is 49.4. The average Bonchev–Trinajstić information content (AvgIpc) is 3.24. The van der Waals surface area contributed by atoms with E-state index < -0.39 is 6.10 Å². The van der Waals surface area contributed by atoms with Crippen LogP contribution in [0.15, 0.2) is 0 Å². The molecule has 0 aliphatic heterocycles. The summed E-state index contributed by atoms with van der Waals surface area (Å²) in [6.45, 7) is 9.03. The molecule has 61 heavy (non-hydrogen) atoms. The summed E-state index contributed by atoms with van der Waals surface area (Å²) in [5, 5.41) is 0. The predicted octanol–water partition coefficient (Wildman–Crippen LogP) is 17.8. The minimum atomic E-state index is -0.761. The Kier molecular flexibility index (Phi) is 48.1. The van der Waals surface area contributed by atoms with E-state index in [2.05, 4.69) is 27.7 Å². The standard InChI is InChI=1S/C55H106O6/c1-5-7-9-11-13-15-17-18-19-20-21-22-23-27-31-35-39-43-47-54(57)60-50-52(49-59-53(56)46-42-38-34-30-25-16-14-12-10-8-6-2)61-55(58)48-44-40-36-32-28-24-26-29-33-37-41-45-51(3)4/h51-52H,5-50H2,1-4H3/t52-/m1/s1. The number of carbonyl (C=O) groups is 3. The normalized spacial score (nSPS) is 12.0. The van der Waals surface area contributed by atoms with E-state index in [1.54, 1.807) is 0 Å². The van der Waals surface area contributed by atoms with Crippen molar-refractivity contribution in [3.05, 3.63) is 0 Å². The quantitative estimate of drug-likeness (QED) is 0.0344. The SMILES string of the molecule is CCCCCCCCCCCCCCCCCCCCC(=O)OC[C@@H](COC(=O)CCCCCCCCCCCCC)OC(=O)CCCCCCCCCCCCCC(C)C. The Morgan fingerprint density at radius 2 is 0.541 bits per heavy atom. The Balaban J connectivity index is 4.26. The van der Waals surface area contributed by atoms with Crippen molar-refractivity contribution >= 4 is 17.9 Å². The first kappa shape index (κ1) is 59.4. The number of ether oxygens (including phenoxy) is 3. The fourth-order valence-corrected chi connectivity index (χ4v) is 8.39. The molecule has 0 saturated carbocycles. The van der Waals surface area contributed by atoms with E-state index in [4.69, 9.17) is 14.2 Å². The maximum absolute atomic E-state index is 12.8. The summed E-state index contributed by atoms with van der Waals surface area (Å²) in [5.74, 6) is -0.0166. The van der Waals surface area contributed by atoms with Crippen molar-refractivity contribution in [3.63, 3.8) is 0 Å². The molecule has 0 fully saturated rings. The summed E-state index contributed by atoms with van der Waals surface area (Å²) in [6, 6.07) is 0. The van der Waals surface area contributed by atoms with Crippen LogP contribution in [0.1, 0.15) is 310 Å². The summed E-state index contributed by atoms with van der Waals surface area (Å²) in [6.07, 6.45) is 52.3. The van der Waals surface area contributed by atoms with Gasteiger partial charge in [-0.3, -0.25) is 14.4 Å². The lowest BCUT2D eigenvalue weighted by Crippen LogP contribution is -2.30. The van der Waals surface area contributed by atoms with Gasteiger partial charge in [0.2, 0.25) is 0 Å². The van der Waals surface area contributed by atoms with Crippen molar-refractivity contribution in [2.24, 2.45) is 5.92 Å². The largest absolute Gasteiger partial charge is 0.462 e. The summed E-state index contributed by atoms with van der Waals surface area (Å²) < 4.78 is 16.8. The Morgan fingerprint density at radius 3 is 0.803 bits per heavy atom. The fourth-order valence-electron chi connectivity index (χ4n) is 8.39. The van der Waals surface area contributed by atoms with Crippen LogP contribution in [-0.4, -0.2) is 37.2 Å². The Hall–Kier alpha value is -1.59. The minimum absolute atomic E-state index is 0.0624. The van der Waals surface area contributed by atoms with E-state index in [-0.39, 0.29) is 31.1 Å². The molecule has 6 heteroatoms. The molecule has 0 aromatic carbocycles. The highest BCUT2D eigenvalue weighted by Gasteiger charge is 2.19. The molecule has 0 N–H and O–H groups in total.